The lowest BCUT2D eigenvalue weighted by Crippen LogP contribution is -2.43. The molecule has 2 N–H and O–H groups in total. The normalized spacial score (nSPS) is 18.5. The Bertz CT molecular complexity index is 975. The second-order valence-electron chi connectivity index (χ2n) is 8.19. The summed E-state index contributed by atoms with van der Waals surface area (Å²) in [7, 11) is 0. The van der Waals surface area contributed by atoms with Crippen LogP contribution in [0.4, 0.5) is 5.95 Å². The summed E-state index contributed by atoms with van der Waals surface area (Å²) in [5, 5.41) is 18.7. The number of aliphatic hydroxyl groups is 1. The molecule has 4 rings (SSSR count). The molecule has 1 aliphatic rings. The molecule has 3 aromatic rings. The van der Waals surface area contributed by atoms with Gasteiger partial charge in [-0.05, 0) is 50.1 Å². The van der Waals surface area contributed by atoms with E-state index in [0.29, 0.717) is 38.6 Å². The van der Waals surface area contributed by atoms with Crippen molar-refractivity contribution < 1.29 is 9.84 Å². The number of nitrogens with one attached hydrogen (secondary N) is 1. The Labute approximate surface area is 182 Å². The minimum atomic E-state index is -0.773. The lowest BCUT2D eigenvalue weighted by Gasteiger charge is -2.24. The molecule has 2 aromatic heterocycles. The highest BCUT2D eigenvalue weighted by atomic mass is 16.5. The quantitative estimate of drug-likeness (QED) is 0.546. The van der Waals surface area contributed by atoms with Gasteiger partial charge >= 0.3 is 0 Å². The lowest BCUT2D eigenvalue weighted by molar-refractivity contribution is 0.0626. The van der Waals surface area contributed by atoms with Gasteiger partial charge in [-0.25, -0.2) is 9.97 Å². The molecule has 164 valence electrons. The molecular weight excluding hydrogens is 392 g/mol. The van der Waals surface area contributed by atoms with Crippen LogP contribution in [0.15, 0.2) is 48.8 Å². The van der Waals surface area contributed by atoms with Crippen LogP contribution in [-0.4, -0.2) is 56.7 Å². The second kappa shape index (κ2) is 9.45. The van der Waals surface area contributed by atoms with Crippen LogP contribution in [0, 0.1) is 13.8 Å². The van der Waals surface area contributed by atoms with Crippen molar-refractivity contribution in [3.8, 4) is 5.75 Å². The van der Waals surface area contributed by atoms with Gasteiger partial charge in [0.05, 0.1) is 24.4 Å². The van der Waals surface area contributed by atoms with E-state index in [2.05, 4.69) is 45.5 Å². The molecule has 0 radical (unpaired) electrons. The average molecular weight is 423 g/mol. The summed E-state index contributed by atoms with van der Waals surface area (Å²) in [4.78, 5) is 10.6. The molecule has 1 saturated heterocycles. The van der Waals surface area contributed by atoms with E-state index in [0.717, 1.165) is 35.8 Å². The van der Waals surface area contributed by atoms with Gasteiger partial charge < -0.3 is 20.1 Å². The topological polar surface area (TPSA) is 88.3 Å². The molecule has 0 spiro atoms. The number of anilines is 1. The second-order valence-corrected chi connectivity index (χ2v) is 8.19. The highest BCUT2D eigenvalue weighted by Crippen LogP contribution is 2.23. The van der Waals surface area contributed by atoms with Crippen molar-refractivity contribution in [1.82, 2.24) is 25.1 Å². The molecule has 0 unspecified atom stereocenters. The van der Waals surface area contributed by atoms with Gasteiger partial charge in [0.15, 0.2) is 0 Å². The molecule has 1 fully saturated rings. The average Bonchev–Trinajstić information content (AvgIpc) is 3.31. The predicted octanol–water partition coefficient (Wildman–Crippen LogP) is 2.10. The van der Waals surface area contributed by atoms with Crippen molar-refractivity contribution in [2.24, 2.45) is 0 Å². The minimum Gasteiger partial charge on any atom is -0.492 e. The molecule has 8 nitrogen and oxygen atoms in total. The van der Waals surface area contributed by atoms with Gasteiger partial charge in [-0.15, -0.1) is 0 Å². The summed E-state index contributed by atoms with van der Waals surface area (Å²) in [5.74, 6) is 1.52. The summed E-state index contributed by atoms with van der Waals surface area (Å²) < 4.78 is 7.81. The molecule has 0 amide bonds. The van der Waals surface area contributed by atoms with Crippen molar-refractivity contribution in [1.29, 1.82) is 0 Å². The number of aromatic nitrogens is 4. The van der Waals surface area contributed by atoms with Gasteiger partial charge in [-0.3, -0.25) is 4.68 Å². The molecule has 0 bridgehead atoms. The number of hydrogen-bond donors (Lipinski definition) is 2. The van der Waals surface area contributed by atoms with Gasteiger partial charge in [0.2, 0.25) is 5.95 Å². The first-order valence-corrected chi connectivity index (χ1v) is 10.7. The summed E-state index contributed by atoms with van der Waals surface area (Å²) in [6.45, 7) is 7.86. The minimum absolute atomic E-state index is 0.525. The monoisotopic (exact) mass is 422 g/mol. The Balaban J connectivity index is 1.19. The number of hydrogen-bond acceptors (Lipinski definition) is 7. The number of rotatable bonds is 9. The van der Waals surface area contributed by atoms with Crippen LogP contribution in [-0.2, 0) is 13.1 Å². The molecular formula is C23H30N6O2. The third-order valence-corrected chi connectivity index (χ3v) is 5.55. The third-order valence-electron chi connectivity index (χ3n) is 5.55. The SMILES string of the molecule is Cc1cc(C)n(CCOc2ccc(CNC[C@]3(O)CCN(c4ncccn4)C3)cc2)n1. The molecule has 1 aromatic carbocycles. The smallest absolute Gasteiger partial charge is 0.225 e. The zero-order chi connectivity index (χ0) is 21.7. The number of benzene rings is 1. The zero-order valence-corrected chi connectivity index (χ0v) is 18.2. The van der Waals surface area contributed by atoms with Gasteiger partial charge in [0.1, 0.15) is 12.4 Å². The number of aryl methyl sites for hydroxylation is 2. The Hall–Kier alpha value is -2.97. The first-order valence-electron chi connectivity index (χ1n) is 10.7. The lowest BCUT2D eigenvalue weighted by atomic mass is 10.0. The van der Waals surface area contributed by atoms with E-state index in [4.69, 9.17) is 4.74 Å². The van der Waals surface area contributed by atoms with E-state index >= 15 is 0 Å². The summed E-state index contributed by atoms with van der Waals surface area (Å²) >= 11 is 0. The largest absolute Gasteiger partial charge is 0.492 e. The van der Waals surface area contributed by atoms with Crippen LogP contribution in [0.1, 0.15) is 23.4 Å². The van der Waals surface area contributed by atoms with Crippen molar-refractivity contribution >= 4 is 5.95 Å². The number of ether oxygens (including phenoxy) is 1. The highest BCUT2D eigenvalue weighted by molar-refractivity contribution is 5.32. The maximum absolute atomic E-state index is 10.9. The predicted molar refractivity (Wildman–Crippen MR) is 119 cm³/mol. The Kier molecular flexibility index (Phi) is 6.48. The van der Waals surface area contributed by atoms with Crippen LogP contribution < -0.4 is 15.0 Å². The number of β-amino-alcohol motifs (C(OH)–C–C–N with tert-alkyl or cyclic N) is 1. The zero-order valence-electron chi connectivity index (χ0n) is 18.2. The van der Waals surface area contributed by atoms with Crippen LogP contribution in [0.3, 0.4) is 0 Å². The van der Waals surface area contributed by atoms with E-state index in [1.54, 1.807) is 18.5 Å². The molecule has 0 aliphatic carbocycles. The molecule has 0 saturated carbocycles. The Morgan fingerprint density at radius 3 is 2.65 bits per heavy atom. The van der Waals surface area contributed by atoms with Gasteiger partial charge in [-0.2, -0.15) is 5.10 Å². The van der Waals surface area contributed by atoms with Crippen LogP contribution in [0.2, 0.25) is 0 Å². The standard InChI is InChI=1S/C23H30N6O2/c1-18-14-19(2)29(27-18)12-13-31-21-6-4-20(5-7-21)15-24-16-23(30)8-11-28(17-23)22-25-9-3-10-26-22/h3-7,9-10,14,24,30H,8,11-13,15-17H2,1-2H3/t23-/m1/s1. The molecule has 31 heavy (non-hydrogen) atoms. The van der Waals surface area contributed by atoms with E-state index in [1.165, 1.54) is 0 Å². The fourth-order valence-corrected chi connectivity index (χ4v) is 3.92. The summed E-state index contributed by atoms with van der Waals surface area (Å²) in [6.07, 6.45) is 4.15. The molecule has 3 heterocycles. The maximum atomic E-state index is 10.9. The van der Waals surface area contributed by atoms with E-state index < -0.39 is 5.60 Å². The maximum Gasteiger partial charge on any atom is 0.225 e. The van der Waals surface area contributed by atoms with E-state index in [1.807, 2.05) is 28.6 Å². The Morgan fingerprint density at radius 2 is 1.94 bits per heavy atom. The number of nitrogens with zero attached hydrogens (tertiary/aromatic N) is 5. The van der Waals surface area contributed by atoms with Crippen molar-refractivity contribution in [3.63, 3.8) is 0 Å². The van der Waals surface area contributed by atoms with Crippen molar-refractivity contribution in [2.45, 2.75) is 39.0 Å². The first-order chi connectivity index (χ1) is 15.0. The van der Waals surface area contributed by atoms with Crippen molar-refractivity contribution in [3.05, 3.63) is 65.7 Å². The van der Waals surface area contributed by atoms with Crippen LogP contribution in [0.25, 0.3) is 0 Å². The molecule has 1 atom stereocenters. The third kappa shape index (κ3) is 5.59. The van der Waals surface area contributed by atoms with Crippen LogP contribution >= 0.6 is 0 Å². The fraction of sp³-hybridized carbons (Fsp3) is 0.435. The van der Waals surface area contributed by atoms with Crippen LogP contribution in [0.5, 0.6) is 5.75 Å². The highest BCUT2D eigenvalue weighted by Gasteiger charge is 2.36. The van der Waals surface area contributed by atoms with E-state index in [9.17, 15) is 5.11 Å². The Morgan fingerprint density at radius 1 is 1.16 bits per heavy atom. The van der Waals surface area contributed by atoms with Gasteiger partial charge in [0.25, 0.3) is 0 Å². The molecule has 1 aliphatic heterocycles. The van der Waals surface area contributed by atoms with Crippen molar-refractivity contribution in [2.75, 3.05) is 31.1 Å². The van der Waals surface area contributed by atoms with E-state index in [-0.39, 0.29) is 0 Å². The fourth-order valence-electron chi connectivity index (χ4n) is 3.92. The van der Waals surface area contributed by atoms with Gasteiger partial charge in [-0.1, -0.05) is 12.1 Å². The summed E-state index contributed by atoms with van der Waals surface area (Å²) in [6, 6.07) is 11.9. The first kappa shape index (κ1) is 21.3. The summed E-state index contributed by atoms with van der Waals surface area (Å²) in [5.41, 5.74) is 2.55. The molecule has 8 heteroatoms. The van der Waals surface area contributed by atoms with Gasteiger partial charge in [0, 0.05) is 37.7 Å².